The minimum Gasteiger partial charge on any atom is -0.483 e. The molecule has 3 aliphatic carbocycles. The number of rotatable bonds is 12. The summed E-state index contributed by atoms with van der Waals surface area (Å²) in [5.41, 5.74) is 22.7. The molecule has 4 heteroatoms. The van der Waals surface area contributed by atoms with Crippen molar-refractivity contribution in [2.45, 2.75) is 162 Å². The number of unbranched alkanes of at least 4 members (excludes halogenated alkanes) is 1. The number of benzene rings is 6. The van der Waals surface area contributed by atoms with Crippen molar-refractivity contribution in [3.63, 3.8) is 0 Å². The summed E-state index contributed by atoms with van der Waals surface area (Å²) in [6.07, 6.45) is 16.6. The van der Waals surface area contributed by atoms with Crippen molar-refractivity contribution in [1.29, 1.82) is 0 Å². The third-order valence-electron chi connectivity index (χ3n) is 17.6. The number of fused-ring (bicyclic) bond motifs is 7. The fourth-order valence-corrected chi connectivity index (χ4v) is 14.1. The molecule has 0 fully saturated rings. The molecule has 0 spiro atoms. The number of ether oxygens (including phenoxy) is 1. The lowest BCUT2D eigenvalue weighted by molar-refractivity contribution is 0.269. The highest BCUT2D eigenvalue weighted by molar-refractivity contribution is 7.17. The van der Waals surface area contributed by atoms with Crippen LogP contribution in [0.2, 0.25) is 0 Å². The summed E-state index contributed by atoms with van der Waals surface area (Å²) in [6.45, 7) is 33.2. The van der Waals surface area contributed by atoms with E-state index in [0.717, 1.165) is 61.3 Å². The first-order chi connectivity index (χ1) is 34.8. The Bertz CT molecular complexity index is 3410. The molecular formula is C69H76N2OS. The second-order valence-corrected chi connectivity index (χ2v) is 25.2. The Kier molecular flexibility index (Phi) is 12.2. The lowest BCUT2D eigenvalue weighted by Gasteiger charge is -2.44. The highest BCUT2D eigenvalue weighted by atomic mass is 32.1. The first-order valence-electron chi connectivity index (χ1n) is 27.3. The van der Waals surface area contributed by atoms with Crippen LogP contribution >= 0.6 is 11.3 Å². The predicted octanol–water partition coefficient (Wildman–Crippen LogP) is 19.9. The second kappa shape index (κ2) is 18.1. The van der Waals surface area contributed by atoms with E-state index in [1.54, 1.807) is 0 Å². The van der Waals surface area contributed by atoms with Crippen LogP contribution in [0.15, 0.2) is 139 Å². The highest BCUT2D eigenvalue weighted by Crippen LogP contribution is 2.57. The van der Waals surface area contributed by atoms with Crippen molar-refractivity contribution >= 4 is 61.1 Å². The maximum Gasteiger partial charge on any atom is 0.148 e. The fraction of sp³-hybridized carbons (Fsp3) is 0.362. The van der Waals surface area contributed by atoms with Crippen LogP contribution in [0.5, 0.6) is 5.75 Å². The second-order valence-electron chi connectivity index (χ2n) is 24.3. The van der Waals surface area contributed by atoms with Gasteiger partial charge in [0.25, 0.3) is 0 Å². The number of anilines is 6. The standard InChI is InChI=1S/C69H76N2OS/c1-14-16-22-46-37-51-50-23-17-20-26-63(50)72-65(51)61(38-46)70(49-29-31-56-58(41-49)69(12,13)55-25-19-18-24-54(55)68(56,10)11)59-35-43(3)36-60(45(59)5)71(48-28-30-53-57(40-48)67(8,9)34-33-66(53,6)7)62-42-73-64-32-27-47(39-52(62)64)44(4)21-15-2/h17-20,23-32,35-42,50,63H,4,14-16,21-22,33-34H2,1-3,5-13H3. The zero-order valence-electron chi connectivity index (χ0n) is 45.7. The van der Waals surface area contributed by atoms with Gasteiger partial charge in [0.05, 0.1) is 22.7 Å². The molecule has 374 valence electrons. The normalized spacial score (nSPS) is 19.1. The Balaban J connectivity index is 1.19. The van der Waals surface area contributed by atoms with Crippen LogP contribution in [0.3, 0.4) is 0 Å². The minimum atomic E-state index is -0.227. The van der Waals surface area contributed by atoms with Crippen molar-refractivity contribution in [3.8, 4) is 5.75 Å². The molecule has 0 radical (unpaired) electrons. The average Bonchev–Trinajstić information content (AvgIpc) is 3.97. The molecule has 0 saturated carbocycles. The lowest BCUT2D eigenvalue weighted by Crippen LogP contribution is -2.36. The number of thiophene rings is 1. The number of allylic oxidation sites excluding steroid dienone is 3. The molecule has 0 amide bonds. The van der Waals surface area contributed by atoms with Gasteiger partial charge in [-0.15, -0.1) is 11.3 Å². The van der Waals surface area contributed by atoms with Crippen LogP contribution in [0.25, 0.3) is 15.7 Å². The summed E-state index contributed by atoms with van der Waals surface area (Å²) in [5, 5.41) is 3.66. The number of hydrogen-bond donors (Lipinski definition) is 0. The lowest BCUT2D eigenvalue weighted by atomic mass is 9.60. The van der Waals surface area contributed by atoms with Crippen molar-refractivity contribution in [3.05, 3.63) is 201 Å². The monoisotopic (exact) mass is 981 g/mol. The zero-order valence-corrected chi connectivity index (χ0v) is 46.5. The van der Waals surface area contributed by atoms with Crippen LogP contribution in [-0.4, -0.2) is 6.10 Å². The van der Waals surface area contributed by atoms with Crippen LogP contribution in [-0.2, 0) is 28.1 Å². The van der Waals surface area contributed by atoms with E-state index in [1.165, 1.54) is 100 Å². The van der Waals surface area contributed by atoms with Gasteiger partial charge in [0, 0.05) is 49.2 Å². The van der Waals surface area contributed by atoms with E-state index >= 15 is 0 Å². The predicted molar refractivity (Wildman–Crippen MR) is 315 cm³/mol. The van der Waals surface area contributed by atoms with Gasteiger partial charge < -0.3 is 14.5 Å². The fourth-order valence-electron chi connectivity index (χ4n) is 13.1. The zero-order chi connectivity index (χ0) is 51.4. The molecule has 4 aliphatic rings. The first-order valence-corrected chi connectivity index (χ1v) is 28.2. The van der Waals surface area contributed by atoms with E-state index in [-0.39, 0.29) is 33.7 Å². The Morgan fingerprint density at radius 3 is 1.93 bits per heavy atom. The van der Waals surface area contributed by atoms with E-state index in [2.05, 4.69) is 232 Å². The van der Waals surface area contributed by atoms with Crippen molar-refractivity contribution in [2.75, 3.05) is 9.80 Å². The number of hydrogen-bond acceptors (Lipinski definition) is 4. The maximum absolute atomic E-state index is 7.22. The van der Waals surface area contributed by atoms with Crippen molar-refractivity contribution in [2.24, 2.45) is 0 Å². The van der Waals surface area contributed by atoms with Gasteiger partial charge in [0.15, 0.2) is 0 Å². The van der Waals surface area contributed by atoms with E-state index in [4.69, 9.17) is 4.74 Å². The SMILES string of the molecule is C=C(CCC)c1ccc2scc(N(c3ccc4c(c3)C(C)(C)CCC4(C)C)c3cc(C)cc(N(c4ccc5c(c4)C(C)(C)c4ccccc4C5(C)C)c4cc(CCCC)cc5c4OC4C=CC=CC54)c3C)c2c1. The van der Waals surface area contributed by atoms with Gasteiger partial charge in [0.2, 0.25) is 0 Å². The molecule has 2 unspecified atom stereocenters. The molecule has 73 heavy (non-hydrogen) atoms. The van der Waals surface area contributed by atoms with E-state index in [1.807, 2.05) is 11.3 Å². The van der Waals surface area contributed by atoms with E-state index in [0.29, 0.717) is 0 Å². The molecule has 0 saturated heterocycles. The Morgan fingerprint density at radius 1 is 0.630 bits per heavy atom. The summed E-state index contributed by atoms with van der Waals surface area (Å²) in [7, 11) is 0. The van der Waals surface area contributed by atoms with Crippen LogP contribution in [0.1, 0.15) is 175 Å². The third kappa shape index (κ3) is 8.13. The summed E-state index contributed by atoms with van der Waals surface area (Å²) in [6, 6.07) is 40.7. The first kappa shape index (κ1) is 49.1. The Hall–Kier alpha value is -6.10. The van der Waals surface area contributed by atoms with Gasteiger partial charge in [-0.25, -0.2) is 0 Å². The summed E-state index contributed by atoms with van der Waals surface area (Å²) >= 11 is 1.84. The van der Waals surface area contributed by atoms with Gasteiger partial charge in [-0.1, -0.05) is 155 Å². The molecule has 1 aromatic heterocycles. The number of nitrogens with zero attached hydrogens (tertiary/aromatic N) is 2. The minimum absolute atomic E-state index is 0.0396. The quantitative estimate of drug-likeness (QED) is 0.121. The van der Waals surface area contributed by atoms with Gasteiger partial charge >= 0.3 is 0 Å². The maximum atomic E-state index is 7.22. The molecule has 2 atom stereocenters. The highest BCUT2D eigenvalue weighted by Gasteiger charge is 2.43. The average molecular weight is 981 g/mol. The molecule has 2 heterocycles. The molecular weight excluding hydrogens is 905 g/mol. The van der Waals surface area contributed by atoms with Crippen LogP contribution in [0.4, 0.5) is 34.1 Å². The van der Waals surface area contributed by atoms with Gasteiger partial charge in [-0.05, 0) is 179 Å². The molecule has 3 nitrogen and oxygen atoms in total. The topological polar surface area (TPSA) is 15.7 Å². The third-order valence-corrected chi connectivity index (χ3v) is 18.6. The molecule has 0 bridgehead atoms. The van der Waals surface area contributed by atoms with Crippen LogP contribution < -0.4 is 14.5 Å². The largest absolute Gasteiger partial charge is 0.483 e. The molecule has 1 aliphatic heterocycles. The van der Waals surface area contributed by atoms with Crippen molar-refractivity contribution < 1.29 is 4.74 Å². The van der Waals surface area contributed by atoms with Gasteiger partial charge in [0.1, 0.15) is 11.9 Å². The smallest absolute Gasteiger partial charge is 0.148 e. The van der Waals surface area contributed by atoms with Gasteiger partial charge in [-0.2, -0.15) is 0 Å². The van der Waals surface area contributed by atoms with E-state index < -0.39 is 0 Å². The molecule has 0 N–H and O–H groups in total. The Labute approximate surface area is 441 Å². The summed E-state index contributed by atoms with van der Waals surface area (Å²) < 4.78 is 8.50. The van der Waals surface area contributed by atoms with E-state index in [9.17, 15) is 0 Å². The van der Waals surface area contributed by atoms with Gasteiger partial charge in [-0.3, -0.25) is 0 Å². The Morgan fingerprint density at radius 2 is 1.25 bits per heavy atom. The molecule has 7 aromatic rings. The molecule has 6 aromatic carbocycles. The summed E-state index contributed by atoms with van der Waals surface area (Å²) in [5.74, 6) is 1.15. The van der Waals surface area contributed by atoms with Crippen LogP contribution in [0, 0.1) is 13.8 Å². The number of aryl methyl sites for hydroxylation is 2. The van der Waals surface area contributed by atoms with Crippen molar-refractivity contribution in [1.82, 2.24) is 0 Å². The molecule has 11 rings (SSSR count). The summed E-state index contributed by atoms with van der Waals surface area (Å²) in [4.78, 5) is 5.19.